The molecule has 4 rings (SSSR count). The molecule has 0 radical (unpaired) electrons. The van der Waals surface area contributed by atoms with E-state index in [4.69, 9.17) is 26.2 Å². The van der Waals surface area contributed by atoms with E-state index in [1.165, 1.54) is 19.1 Å². The van der Waals surface area contributed by atoms with Gasteiger partial charge in [0.15, 0.2) is 0 Å². The molecule has 186 valence electrons. The maximum atomic E-state index is 12.8. The van der Waals surface area contributed by atoms with Gasteiger partial charge >= 0.3 is 18.0 Å². The smallest absolute Gasteiger partial charge is 0.407 e. The number of fused-ring (bicyclic) bond motifs is 2. The van der Waals surface area contributed by atoms with Crippen molar-refractivity contribution in [2.45, 2.75) is 30.4 Å². The van der Waals surface area contributed by atoms with Crippen molar-refractivity contribution in [3.63, 3.8) is 0 Å². The van der Waals surface area contributed by atoms with Gasteiger partial charge in [0.1, 0.15) is 5.69 Å². The highest BCUT2D eigenvalue weighted by Gasteiger charge is 2.31. The van der Waals surface area contributed by atoms with Crippen LogP contribution < -0.4 is 0 Å². The summed E-state index contributed by atoms with van der Waals surface area (Å²) < 4.78 is 14.0. The van der Waals surface area contributed by atoms with Crippen molar-refractivity contribution in [2.75, 3.05) is 20.8 Å². The number of aryl methyl sites for hydroxylation is 2. The number of rotatable bonds is 6. The summed E-state index contributed by atoms with van der Waals surface area (Å²) in [5.41, 5.74) is 4.61. The number of ether oxygens (including phenoxy) is 2. The monoisotopic (exact) mass is 614 g/mol. The first-order chi connectivity index (χ1) is 16.7. The van der Waals surface area contributed by atoms with Crippen molar-refractivity contribution in [1.29, 1.82) is 0 Å². The minimum Gasteiger partial charge on any atom is -0.469 e. The van der Waals surface area contributed by atoms with Gasteiger partial charge in [0.05, 0.1) is 49.2 Å². The lowest BCUT2D eigenvalue weighted by Crippen LogP contribution is -2.37. The zero-order chi connectivity index (χ0) is 25.4. The van der Waals surface area contributed by atoms with Crippen molar-refractivity contribution < 1.29 is 29.0 Å². The molecule has 1 N–H and O–H groups in total. The summed E-state index contributed by atoms with van der Waals surface area (Å²) in [4.78, 5) is 37.7. The SMILES string of the molecule is COC(=O)CCc1c(C(=O)OC)n(C)c2c(-c3c(CI)nn4c3CN(C(=O)O)CC4)c(Cl)ccc12. The van der Waals surface area contributed by atoms with Crippen LogP contribution in [0.2, 0.25) is 5.02 Å². The normalized spacial score (nSPS) is 13.1. The first-order valence-electron chi connectivity index (χ1n) is 10.8. The summed E-state index contributed by atoms with van der Waals surface area (Å²) >= 11 is 9.01. The third-order valence-electron chi connectivity index (χ3n) is 6.29. The second kappa shape index (κ2) is 10.1. The highest BCUT2D eigenvalue weighted by atomic mass is 127. The van der Waals surface area contributed by atoms with Gasteiger partial charge in [-0.15, -0.1) is 0 Å². The van der Waals surface area contributed by atoms with Crippen LogP contribution in [0.1, 0.15) is 33.9 Å². The highest BCUT2D eigenvalue weighted by Crippen LogP contribution is 2.43. The molecule has 2 aromatic heterocycles. The number of amides is 1. The Morgan fingerprint density at radius 1 is 1.17 bits per heavy atom. The fraction of sp³-hybridized carbons (Fsp3) is 0.391. The van der Waals surface area contributed by atoms with E-state index in [0.717, 1.165) is 22.3 Å². The predicted octanol–water partition coefficient (Wildman–Crippen LogP) is 4.02. The number of nitrogens with zero attached hydrogens (tertiary/aromatic N) is 4. The lowest BCUT2D eigenvalue weighted by molar-refractivity contribution is -0.140. The van der Waals surface area contributed by atoms with Crippen LogP contribution in [-0.4, -0.2) is 63.2 Å². The van der Waals surface area contributed by atoms with Gasteiger partial charge in [0.2, 0.25) is 0 Å². The van der Waals surface area contributed by atoms with Crippen LogP contribution >= 0.6 is 34.2 Å². The fourth-order valence-corrected chi connectivity index (χ4v) is 5.48. The predicted molar refractivity (Wildman–Crippen MR) is 137 cm³/mol. The zero-order valence-electron chi connectivity index (χ0n) is 19.4. The van der Waals surface area contributed by atoms with Gasteiger partial charge in [0.25, 0.3) is 0 Å². The lowest BCUT2D eigenvalue weighted by atomic mass is 9.97. The van der Waals surface area contributed by atoms with Gasteiger partial charge in [-0.3, -0.25) is 9.48 Å². The van der Waals surface area contributed by atoms with Crippen LogP contribution in [-0.2, 0) is 45.3 Å². The van der Waals surface area contributed by atoms with Crippen molar-refractivity contribution in [3.8, 4) is 11.1 Å². The third kappa shape index (κ3) is 4.35. The Morgan fingerprint density at radius 2 is 1.91 bits per heavy atom. The van der Waals surface area contributed by atoms with Crippen LogP contribution in [0.4, 0.5) is 4.79 Å². The molecule has 10 nitrogen and oxygen atoms in total. The van der Waals surface area contributed by atoms with E-state index in [0.29, 0.717) is 44.9 Å². The lowest BCUT2D eigenvalue weighted by Gasteiger charge is -2.26. The summed E-state index contributed by atoms with van der Waals surface area (Å²) in [5.74, 6) is -0.924. The van der Waals surface area contributed by atoms with Crippen molar-refractivity contribution >= 4 is 63.1 Å². The number of alkyl halides is 1. The summed E-state index contributed by atoms with van der Waals surface area (Å²) in [6, 6.07) is 3.57. The fourth-order valence-electron chi connectivity index (χ4n) is 4.70. The maximum absolute atomic E-state index is 12.8. The van der Waals surface area contributed by atoms with Crippen LogP contribution in [0.15, 0.2) is 12.1 Å². The number of esters is 2. The Hall–Kier alpha value is -2.80. The molecular formula is C23H24ClIN4O6. The van der Waals surface area contributed by atoms with Gasteiger partial charge in [0, 0.05) is 41.0 Å². The van der Waals surface area contributed by atoms with E-state index in [1.54, 1.807) is 17.7 Å². The zero-order valence-corrected chi connectivity index (χ0v) is 22.3. The second-order valence-electron chi connectivity index (χ2n) is 8.10. The van der Waals surface area contributed by atoms with Gasteiger partial charge in [-0.05, 0) is 18.1 Å². The van der Waals surface area contributed by atoms with Crippen LogP contribution in [0, 0.1) is 0 Å². The number of halogens is 2. The number of carbonyl (C=O) groups is 3. The largest absolute Gasteiger partial charge is 0.469 e. The van der Waals surface area contributed by atoms with Gasteiger partial charge < -0.3 is 24.0 Å². The molecule has 1 amide bonds. The topological polar surface area (TPSA) is 116 Å². The molecule has 35 heavy (non-hydrogen) atoms. The summed E-state index contributed by atoms with van der Waals surface area (Å²) in [5, 5.41) is 15.5. The molecule has 12 heteroatoms. The second-order valence-corrected chi connectivity index (χ2v) is 9.27. The number of carboxylic acid groups (broad SMARTS) is 1. The Balaban J connectivity index is 2.02. The van der Waals surface area contributed by atoms with Crippen LogP contribution in [0.5, 0.6) is 0 Å². The minimum absolute atomic E-state index is 0.0906. The van der Waals surface area contributed by atoms with E-state index >= 15 is 0 Å². The van der Waals surface area contributed by atoms with Crippen LogP contribution in [0.25, 0.3) is 22.0 Å². The Bertz CT molecular complexity index is 1350. The number of benzene rings is 1. The number of aromatic nitrogens is 3. The number of hydrogen-bond acceptors (Lipinski definition) is 6. The molecule has 0 spiro atoms. The van der Waals surface area contributed by atoms with Gasteiger partial charge in [-0.2, -0.15) is 5.10 Å². The molecule has 0 saturated carbocycles. The van der Waals surface area contributed by atoms with E-state index < -0.39 is 18.0 Å². The Kier molecular flexibility index (Phi) is 7.27. The molecule has 1 aliphatic heterocycles. The summed E-state index contributed by atoms with van der Waals surface area (Å²) in [6.07, 6.45) is -0.637. The average Bonchev–Trinajstić information content (AvgIpc) is 3.36. The van der Waals surface area contributed by atoms with E-state index in [1.807, 2.05) is 10.7 Å². The average molecular weight is 615 g/mol. The number of carbonyl (C=O) groups excluding carboxylic acids is 2. The molecule has 1 aromatic carbocycles. The number of methoxy groups -OCH3 is 2. The van der Waals surface area contributed by atoms with E-state index in [2.05, 4.69) is 22.6 Å². The molecule has 0 atom stereocenters. The van der Waals surface area contributed by atoms with Gasteiger partial charge in [-0.25, -0.2) is 9.59 Å². The molecule has 0 unspecified atom stereocenters. The van der Waals surface area contributed by atoms with Crippen molar-refractivity contribution in [3.05, 3.63) is 39.8 Å². The van der Waals surface area contributed by atoms with E-state index in [9.17, 15) is 19.5 Å². The van der Waals surface area contributed by atoms with Crippen LogP contribution in [0.3, 0.4) is 0 Å². The summed E-state index contributed by atoms with van der Waals surface area (Å²) in [7, 11) is 4.37. The van der Waals surface area contributed by atoms with Crippen molar-refractivity contribution in [1.82, 2.24) is 19.2 Å². The molecule has 0 bridgehead atoms. The molecular weight excluding hydrogens is 591 g/mol. The van der Waals surface area contributed by atoms with Gasteiger partial charge in [-0.1, -0.05) is 40.3 Å². The maximum Gasteiger partial charge on any atom is 0.407 e. The Morgan fingerprint density at radius 3 is 2.54 bits per heavy atom. The molecule has 0 aliphatic carbocycles. The van der Waals surface area contributed by atoms with E-state index in [-0.39, 0.29) is 19.4 Å². The standard InChI is InChI=1S/C23H24ClIN4O6/c1-27-20-12(13(5-7-17(30)34-2)21(27)22(31)35-3)4-6-14(24)18(20)19-15(10-25)26-29-9-8-28(23(32)33)11-16(19)29/h4,6H,5,7-11H2,1-3H3,(H,32,33). The number of hydrogen-bond donors (Lipinski definition) is 1. The van der Waals surface area contributed by atoms with Crippen molar-refractivity contribution in [2.24, 2.45) is 7.05 Å². The first kappa shape index (κ1) is 25.3. The Labute approximate surface area is 219 Å². The minimum atomic E-state index is -0.999. The first-order valence-corrected chi connectivity index (χ1v) is 12.7. The third-order valence-corrected chi connectivity index (χ3v) is 7.33. The summed E-state index contributed by atoms with van der Waals surface area (Å²) in [6.45, 7) is 0.949. The molecule has 3 heterocycles. The molecule has 0 saturated heterocycles. The quantitative estimate of drug-likeness (QED) is 0.253. The molecule has 0 fully saturated rings. The molecule has 3 aromatic rings. The highest BCUT2D eigenvalue weighted by molar-refractivity contribution is 14.1. The molecule has 1 aliphatic rings.